The zero-order chi connectivity index (χ0) is 19.6. The van der Waals surface area contributed by atoms with Gasteiger partial charge < -0.3 is 10.1 Å². The number of aryl methyl sites for hydroxylation is 1. The number of halogens is 1. The first kappa shape index (κ1) is 22.4. The van der Waals surface area contributed by atoms with Crippen molar-refractivity contribution in [2.75, 3.05) is 26.7 Å². The van der Waals surface area contributed by atoms with Crippen LogP contribution in [0.2, 0.25) is 0 Å². The lowest BCUT2D eigenvalue weighted by molar-refractivity contribution is 0.0914. The van der Waals surface area contributed by atoms with E-state index in [2.05, 4.69) is 15.0 Å². The van der Waals surface area contributed by atoms with Gasteiger partial charge in [-0.3, -0.25) is 9.20 Å². The Balaban J connectivity index is 0.00000280. The number of carbonyl (C=O) groups excluding carboxylic acids is 1. The Kier molecular flexibility index (Phi) is 7.27. The molecular formula is C17H26ClN5O4S. The first-order chi connectivity index (χ1) is 12.9. The van der Waals surface area contributed by atoms with E-state index in [0.717, 1.165) is 6.42 Å². The summed E-state index contributed by atoms with van der Waals surface area (Å²) in [5.41, 5.74) is 1.61. The van der Waals surface area contributed by atoms with E-state index in [1.807, 2.05) is 13.0 Å². The van der Waals surface area contributed by atoms with Crippen LogP contribution < -0.4 is 14.8 Å². The van der Waals surface area contributed by atoms with E-state index in [-0.39, 0.29) is 30.9 Å². The van der Waals surface area contributed by atoms with Gasteiger partial charge in [0.05, 0.1) is 12.3 Å². The number of nitrogens with one attached hydrogen (secondary N) is 2. The van der Waals surface area contributed by atoms with Crippen molar-refractivity contribution < 1.29 is 17.9 Å². The summed E-state index contributed by atoms with van der Waals surface area (Å²) in [7, 11) is -2.12. The largest absolute Gasteiger partial charge is 0.490 e. The Morgan fingerprint density at radius 2 is 2.18 bits per heavy atom. The van der Waals surface area contributed by atoms with Gasteiger partial charge in [0.25, 0.3) is 16.1 Å². The molecule has 0 radical (unpaired) electrons. The average molecular weight is 432 g/mol. The molecule has 1 fully saturated rings. The molecule has 1 atom stereocenters. The first-order valence-electron chi connectivity index (χ1n) is 8.97. The SMILES string of the molecule is CCOc1cccn2c(C(=O)N[C@H]3CCCN(S(=O)(=O)NC)C3)c(C)nc12.Cl. The number of fused-ring (bicyclic) bond motifs is 1. The summed E-state index contributed by atoms with van der Waals surface area (Å²) in [6.07, 6.45) is 3.18. The van der Waals surface area contributed by atoms with Gasteiger partial charge in [-0.2, -0.15) is 12.7 Å². The van der Waals surface area contributed by atoms with Crippen molar-refractivity contribution in [1.29, 1.82) is 0 Å². The highest BCUT2D eigenvalue weighted by atomic mass is 35.5. The van der Waals surface area contributed by atoms with Gasteiger partial charge in [0.15, 0.2) is 11.4 Å². The molecule has 1 amide bonds. The summed E-state index contributed by atoms with van der Waals surface area (Å²) >= 11 is 0. The zero-order valence-electron chi connectivity index (χ0n) is 16.1. The van der Waals surface area contributed by atoms with E-state index in [0.29, 0.717) is 42.4 Å². The molecule has 0 aromatic carbocycles. The number of piperidine rings is 1. The van der Waals surface area contributed by atoms with Crippen molar-refractivity contribution in [2.45, 2.75) is 32.7 Å². The summed E-state index contributed by atoms with van der Waals surface area (Å²) in [5, 5.41) is 2.96. The maximum absolute atomic E-state index is 12.9. The third-order valence-electron chi connectivity index (χ3n) is 4.62. The molecule has 0 bridgehead atoms. The van der Waals surface area contributed by atoms with Crippen molar-refractivity contribution in [3.63, 3.8) is 0 Å². The summed E-state index contributed by atoms with van der Waals surface area (Å²) < 4.78 is 35.0. The van der Waals surface area contributed by atoms with E-state index >= 15 is 0 Å². The number of imidazole rings is 1. The molecule has 1 aliphatic heterocycles. The molecule has 0 aliphatic carbocycles. The quantitative estimate of drug-likeness (QED) is 0.713. The third kappa shape index (κ3) is 4.40. The van der Waals surface area contributed by atoms with Crippen LogP contribution in [0.5, 0.6) is 5.75 Å². The molecule has 3 heterocycles. The minimum absolute atomic E-state index is 0. The second kappa shape index (κ2) is 9.08. The number of ether oxygens (including phenoxy) is 1. The van der Waals surface area contributed by atoms with E-state index in [4.69, 9.17) is 4.74 Å². The minimum Gasteiger partial charge on any atom is -0.490 e. The van der Waals surface area contributed by atoms with Gasteiger partial charge in [-0.1, -0.05) is 0 Å². The molecule has 2 aromatic rings. The highest BCUT2D eigenvalue weighted by Crippen LogP contribution is 2.22. The van der Waals surface area contributed by atoms with Crippen molar-refractivity contribution >= 4 is 34.2 Å². The van der Waals surface area contributed by atoms with Crippen molar-refractivity contribution in [3.05, 3.63) is 29.7 Å². The number of hydrogen-bond donors (Lipinski definition) is 2. The molecule has 0 spiro atoms. The normalized spacial score (nSPS) is 17.9. The summed E-state index contributed by atoms with van der Waals surface area (Å²) in [6.45, 7) is 4.86. The van der Waals surface area contributed by atoms with Crippen LogP contribution in [0.15, 0.2) is 18.3 Å². The maximum Gasteiger partial charge on any atom is 0.279 e. The number of hydrogen-bond acceptors (Lipinski definition) is 5. The smallest absolute Gasteiger partial charge is 0.279 e. The van der Waals surface area contributed by atoms with E-state index in [9.17, 15) is 13.2 Å². The van der Waals surface area contributed by atoms with Gasteiger partial charge >= 0.3 is 0 Å². The van der Waals surface area contributed by atoms with Crippen LogP contribution in [0, 0.1) is 6.92 Å². The third-order valence-corrected chi connectivity index (χ3v) is 6.15. The minimum atomic E-state index is -3.50. The van der Waals surface area contributed by atoms with Crippen molar-refractivity contribution in [3.8, 4) is 5.75 Å². The summed E-state index contributed by atoms with van der Waals surface area (Å²) in [6, 6.07) is 3.36. The number of rotatable bonds is 6. The summed E-state index contributed by atoms with van der Waals surface area (Å²) in [5.74, 6) is 0.341. The molecule has 2 N–H and O–H groups in total. The molecule has 28 heavy (non-hydrogen) atoms. The van der Waals surface area contributed by atoms with E-state index < -0.39 is 10.2 Å². The van der Waals surface area contributed by atoms with Crippen LogP contribution in [0.4, 0.5) is 0 Å². The van der Waals surface area contributed by atoms with Gasteiger partial charge in [-0.25, -0.2) is 9.71 Å². The Morgan fingerprint density at radius 1 is 1.43 bits per heavy atom. The Labute approximate surface area is 171 Å². The van der Waals surface area contributed by atoms with Crippen molar-refractivity contribution in [1.82, 2.24) is 23.7 Å². The second-order valence-electron chi connectivity index (χ2n) is 6.42. The Hall–Kier alpha value is -1.88. The molecular weight excluding hydrogens is 406 g/mol. The molecule has 0 saturated carbocycles. The fraction of sp³-hybridized carbons (Fsp3) is 0.529. The molecule has 9 nitrogen and oxygen atoms in total. The van der Waals surface area contributed by atoms with Crippen LogP contribution in [-0.2, 0) is 10.2 Å². The fourth-order valence-electron chi connectivity index (χ4n) is 3.36. The Bertz CT molecular complexity index is 946. The van der Waals surface area contributed by atoms with Crippen LogP contribution >= 0.6 is 12.4 Å². The highest BCUT2D eigenvalue weighted by molar-refractivity contribution is 7.87. The predicted molar refractivity (Wildman–Crippen MR) is 108 cm³/mol. The lowest BCUT2D eigenvalue weighted by Gasteiger charge is -2.31. The number of pyridine rings is 1. The predicted octanol–water partition coefficient (Wildman–Crippen LogP) is 1.12. The molecule has 0 unspecified atom stereocenters. The average Bonchev–Trinajstić information content (AvgIpc) is 2.99. The zero-order valence-corrected chi connectivity index (χ0v) is 17.8. The van der Waals surface area contributed by atoms with Gasteiger partial charge in [0.1, 0.15) is 5.69 Å². The van der Waals surface area contributed by atoms with E-state index in [1.165, 1.54) is 11.4 Å². The molecule has 156 valence electrons. The lowest BCUT2D eigenvalue weighted by atomic mass is 10.1. The van der Waals surface area contributed by atoms with Gasteiger partial charge in [-0.05, 0) is 38.8 Å². The lowest BCUT2D eigenvalue weighted by Crippen LogP contribution is -2.52. The maximum atomic E-state index is 12.9. The van der Waals surface area contributed by atoms with Crippen LogP contribution in [0.3, 0.4) is 0 Å². The first-order valence-corrected chi connectivity index (χ1v) is 10.4. The van der Waals surface area contributed by atoms with Crippen molar-refractivity contribution in [2.24, 2.45) is 0 Å². The van der Waals surface area contributed by atoms with Crippen LogP contribution in [0.1, 0.15) is 35.9 Å². The second-order valence-corrected chi connectivity index (χ2v) is 8.30. The number of nitrogens with zero attached hydrogens (tertiary/aromatic N) is 3. The van der Waals surface area contributed by atoms with Gasteiger partial charge in [-0.15, -0.1) is 12.4 Å². The van der Waals surface area contributed by atoms with Crippen LogP contribution in [0.25, 0.3) is 5.65 Å². The standard InChI is InChI=1S/C17H25N5O4S.ClH/c1-4-26-14-8-6-10-22-15(12(2)19-16(14)22)17(23)20-13-7-5-9-21(11-13)27(24,25)18-3;/h6,8,10,13,18H,4-5,7,9,11H2,1-3H3,(H,20,23);1H/t13-;/m0./s1. The Morgan fingerprint density at radius 3 is 2.86 bits per heavy atom. The fourth-order valence-corrected chi connectivity index (χ4v) is 4.36. The monoisotopic (exact) mass is 431 g/mol. The number of aromatic nitrogens is 2. The summed E-state index contributed by atoms with van der Waals surface area (Å²) in [4.78, 5) is 17.4. The topological polar surface area (TPSA) is 105 Å². The molecule has 2 aromatic heterocycles. The molecule has 1 aliphatic rings. The van der Waals surface area contributed by atoms with E-state index in [1.54, 1.807) is 23.6 Å². The highest BCUT2D eigenvalue weighted by Gasteiger charge is 2.30. The molecule has 1 saturated heterocycles. The molecule has 3 rings (SSSR count). The molecule has 11 heteroatoms. The van der Waals surface area contributed by atoms with Crippen LogP contribution in [-0.4, -0.2) is 60.8 Å². The van der Waals surface area contributed by atoms with Gasteiger partial charge in [0.2, 0.25) is 0 Å². The number of amides is 1. The van der Waals surface area contributed by atoms with Gasteiger partial charge in [0, 0.05) is 32.4 Å². The number of carbonyl (C=O) groups is 1.